The third kappa shape index (κ3) is 8.45. The molecule has 1 fully saturated rings. The highest BCUT2D eigenvalue weighted by atomic mass is 32.2. The monoisotopic (exact) mass is 190 g/mol. The van der Waals surface area contributed by atoms with Crippen LogP contribution in [0.1, 0.15) is 54.4 Å². The summed E-state index contributed by atoms with van der Waals surface area (Å²) in [5.41, 5.74) is 0. The average molecular weight is 190 g/mol. The van der Waals surface area contributed by atoms with Crippen LogP contribution in [-0.4, -0.2) is 11.0 Å². The molecule has 0 aromatic rings. The highest BCUT2D eigenvalue weighted by molar-refractivity contribution is 7.99. The number of hydrogen-bond donors (Lipinski definition) is 0. The van der Waals surface area contributed by atoms with Crippen LogP contribution in [0, 0.1) is 5.92 Å². The molecule has 76 valence electrons. The fourth-order valence-corrected chi connectivity index (χ4v) is 2.63. The second-order valence-corrected chi connectivity index (χ2v) is 4.36. The van der Waals surface area contributed by atoms with Crippen LogP contribution in [0.4, 0.5) is 0 Å². The van der Waals surface area contributed by atoms with E-state index in [1.54, 1.807) is 0 Å². The molecule has 1 heterocycles. The Kier molecular flexibility index (Phi) is 14.0. The highest BCUT2D eigenvalue weighted by Gasteiger charge is 2.14. The van der Waals surface area contributed by atoms with Crippen LogP contribution in [-0.2, 0) is 0 Å². The van der Waals surface area contributed by atoms with Gasteiger partial charge in [-0.15, -0.1) is 0 Å². The van der Waals surface area contributed by atoms with Crippen LogP contribution in [0.5, 0.6) is 0 Å². The molecule has 0 spiro atoms. The zero-order chi connectivity index (χ0) is 9.98. The lowest BCUT2D eigenvalue weighted by Crippen LogP contribution is -2.12. The first-order chi connectivity index (χ1) is 5.79. The Labute approximate surface area is 83.5 Å². The van der Waals surface area contributed by atoms with E-state index in [4.69, 9.17) is 0 Å². The van der Waals surface area contributed by atoms with Crippen LogP contribution >= 0.6 is 11.8 Å². The van der Waals surface area contributed by atoms with Crippen molar-refractivity contribution in [1.29, 1.82) is 0 Å². The maximum Gasteiger partial charge on any atom is 0.00212 e. The SMILES string of the molecule is CC.CC.CC1CCSC(C)C1. The maximum absolute atomic E-state index is 2.36. The molecule has 1 heteroatoms. The summed E-state index contributed by atoms with van der Waals surface area (Å²) in [6, 6.07) is 0. The summed E-state index contributed by atoms with van der Waals surface area (Å²) < 4.78 is 0. The average Bonchev–Trinajstić information content (AvgIpc) is 2.11. The van der Waals surface area contributed by atoms with E-state index in [9.17, 15) is 0 Å². The van der Waals surface area contributed by atoms with E-state index >= 15 is 0 Å². The lowest BCUT2D eigenvalue weighted by atomic mass is 10.0. The van der Waals surface area contributed by atoms with Crippen molar-refractivity contribution in [3.05, 3.63) is 0 Å². The fourth-order valence-electron chi connectivity index (χ4n) is 1.22. The smallest absolute Gasteiger partial charge is 0.00212 e. The Bertz CT molecular complexity index is 63.4. The summed E-state index contributed by atoms with van der Waals surface area (Å²) in [4.78, 5) is 0. The van der Waals surface area contributed by atoms with E-state index in [-0.39, 0.29) is 0 Å². The normalized spacial score (nSPS) is 27.5. The first-order valence-electron chi connectivity index (χ1n) is 5.40. The van der Waals surface area contributed by atoms with E-state index in [0.717, 1.165) is 11.2 Å². The van der Waals surface area contributed by atoms with Gasteiger partial charge in [0.15, 0.2) is 0 Å². The quantitative estimate of drug-likeness (QED) is 0.538. The molecular weight excluding hydrogens is 164 g/mol. The predicted octanol–water partition coefficient (Wildman–Crippen LogP) is 4.59. The molecule has 12 heavy (non-hydrogen) atoms. The molecule has 0 aromatic heterocycles. The molecule has 1 saturated heterocycles. The van der Waals surface area contributed by atoms with Crippen LogP contribution in [0.15, 0.2) is 0 Å². The molecule has 0 nitrogen and oxygen atoms in total. The summed E-state index contributed by atoms with van der Waals surface area (Å²) >= 11 is 2.12. The fraction of sp³-hybridized carbons (Fsp3) is 1.00. The molecule has 1 rings (SSSR count). The van der Waals surface area contributed by atoms with E-state index in [0.29, 0.717) is 0 Å². The van der Waals surface area contributed by atoms with Gasteiger partial charge in [-0.3, -0.25) is 0 Å². The Morgan fingerprint density at radius 3 is 1.75 bits per heavy atom. The van der Waals surface area contributed by atoms with Gasteiger partial charge in [0, 0.05) is 5.25 Å². The first kappa shape index (κ1) is 14.9. The summed E-state index contributed by atoms with van der Waals surface area (Å²) in [5, 5.41) is 0.929. The van der Waals surface area contributed by atoms with Crippen LogP contribution in [0.25, 0.3) is 0 Å². The highest BCUT2D eigenvalue weighted by Crippen LogP contribution is 2.28. The summed E-state index contributed by atoms with van der Waals surface area (Å²) in [6.07, 6.45) is 2.87. The summed E-state index contributed by atoms with van der Waals surface area (Å²) in [6.45, 7) is 12.7. The minimum atomic E-state index is 0.929. The molecule has 0 N–H and O–H groups in total. The predicted molar refractivity (Wildman–Crippen MR) is 63.0 cm³/mol. The summed E-state index contributed by atoms with van der Waals surface area (Å²) in [7, 11) is 0. The van der Waals surface area contributed by atoms with Crippen molar-refractivity contribution in [1.82, 2.24) is 0 Å². The topological polar surface area (TPSA) is 0 Å². The third-order valence-corrected chi connectivity index (χ3v) is 2.98. The molecule has 2 unspecified atom stereocenters. The molecule has 1 aliphatic rings. The molecule has 0 radical (unpaired) electrons. The zero-order valence-corrected chi connectivity index (χ0v) is 10.5. The lowest BCUT2D eigenvalue weighted by molar-refractivity contribution is 0.504. The molecule has 1 aliphatic heterocycles. The van der Waals surface area contributed by atoms with Crippen molar-refractivity contribution < 1.29 is 0 Å². The Balaban J connectivity index is 0. The van der Waals surface area contributed by atoms with Gasteiger partial charge in [-0.1, -0.05) is 41.5 Å². The molecule has 0 aromatic carbocycles. The van der Waals surface area contributed by atoms with Gasteiger partial charge < -0.3 is 0 Å². The first-order valence-corrected chi connectivity index (χ1v) is 6.45. The van der Waals surface area contributed by atoms with Gasteiger partial charge in [0.2, 0.25) is 0 Å². The largest absolute Gasteiger partial charge is 0.159 e. The lowest BCUT2D eigenvalue weighted by Gasteiger charge is -2.22. The molecular formula is C11H26S. The molecule has 2 atom stereocenters. The van der Waals surface area contributed by atoms with Crippen LogP contribution < -0.4 is 0 Å². The van der Waals surface area contributed by atoms with E-state index in [2.05, 4.69) is 25.6 Å². The Morgan fingerprint density at radius 1 is 1.00 bits per heavy atom. The van der Waals surface area contributed by atoms with Gasteiger partial charge in [0.25, 0.3) is 0 Å². The van der Waals surface area contributed by atoms with E-state index < -0.39 is 0 Å². The van der Waals surface area contributed by atoms with Gasteiger partial charge in [0.05, 0.1) is 0 Å². The number of thioether (sulfide) groups is 1. The third-order valence-electron chi connectivity index (χ3n) is 1.75. The van der Waals surface area contributed by atoms with Crippen LogP contribution in [0.3, 0.4) is 0 Å². The van der Waals surface area contributed by atoms with Crippen molar-refractivity contribution in [2.45, 2.75) is 59.6 Å². The van der Waals surface area contributed by atoms with Crippen LogP contribution in [0.2, 0.25) is 0 Å². The minimum Gasteiger partial charge on any atom is -0.159 e. The Hall–Kier alpha value is 0.350. The van der Waals surface area contributed by atoms with Crippen molar-refractivity contribution in [3.8, 4) is 0 Å². The van der Waals surface area contributed by atoms with Crippen molar-refractivity contribution in [2.75, 3.05) is 5.75 Å². The van der Waals surface area contributed by atoms with Crippen molar-refractivity contribution in [2.24, 2.45) is 5.92 Å². The molecule has 0 aliphatic carbocycles. The van der Waals surface area contributed by atoms with Crippen molar-refractivity contribution in [3.63, 3.8) is 0 Å². The van der Waals surface area contributed by atoms with Gasteiger partial charge in [0.1, 0.15) is 0 Å². The van der Waals surface area contributed by atoms with Gasteiger partial charge >= 0.3 is 0 Å². The Morgan fingerprint density at radius 2 is 1.50 bits per heavy atom. The minimum absolute atomic E-state index is 0.929. The van der Waals surface area contributed by atoms with Crippen molar-refractivity contribution >= 4 is 11.8 Å². The number of hydrogen-bond acceptors (Lipinski definition) is 1. The molecule has 0 amide bonds. The van der Waals surface area contributed by atoms with Gasteiger partial charge in [-0.2, -0.15) is 11.8 Å². The maximum atomic E-state index is 2.36. The van der Waals surface area contributed by atoms with E-state index in [1.165, 1.54) is 18.6 Å². The van der Waals surface area contributed by atoms with Gasteiger partial charge in [-0.05, 0) is 24.5 Å². The summed E-state index contributed by atoms with van der Waals surface area (Å²) in [5.74, 6) is 2.38. The standard InChI is InChI=1S/C7H14S.2C2H6/c1-6-3-4-8-7(2)5-6;2*1-2/h6-7H,3-5H2,1-2H3;2*1-2H3. The van der Waals surface area contributed by atoms with Gasteiger partial charge in [-0.25, -0.2) is 0 Å². The zero-order valence-electron chi connectivity index (χ0n) is 9.68. The number of rotatable bonds is 0. The molecule has 0 bridgehead atoms. The van der Waals surface area contributed by atoms with E-state index in [1.807, 2.05) is 27.7 Å². The molecule has 0 saturated carbocycles. The second kappa shape index (κ2) is 11.4. The second-order valence-electron chi connectivity index (χ2n) is 2.81.